The molecule has 2 atom stereocenters. The summed E-state index contributed by atoms with van der Waals surface area (Å²) < 4.78 is 5.34. The first-order valence-corrected chi connectivity index (χ1v) is 10.6. The Morgan fingerprint density at radius 3 is 2.75 bits per heavy atom. The molecule has 1 aliphatic carbocycles. The van der Waals surface area contributed by atoms with Crippen LogP contribution in [0.3, 0.4) is 0 Å². The molecular formula is C22H26Cl2N2O2. The third-order valence-corrected chi connectivity index (χ3v) is 6.56. The molecule has 2 aromatic rings. The second kappa shape index (κ2) is 6.77. The van der Waals surface area contributed by atoms with Crippen molar-refractivity contribution in [2.45, 2.75) is 53.0 Å². The standard InChI is InChI=1S/C22H26Cl2N2O2/c1-5-28-20(27)16-10-25-18-15(6-13(23)7-17(18)24)19(16)26-12-22(4)9-14(26)8-21(2,3)11-22/h6-7,10,14H,5,8-9,11-12H2,1-4H3/t14-,22-/m0/s1. The zero-order valence-electron chi connectivity index (χ0n) is 16.8. The fourth-order valence-corrected chi connectivity index (χ4v) is 6.14. The Bertz CT molecular complexity index is 959. The van der Waals surface area contributed by atoms with Crippen molar-refractivity contribution >= 4 is 45.8 Å². The number of nitrogens with zero attached hydrogens (tertiary/aromatic N) is 2. The Morgan fingerprint density at radius 2 is 2.04 bits per heavy atom. The van der Waals surface area contributed by atoms with E-state index in [1.54, 1.807) is 12.3 Å². The number of ether oxygens (including phenoxy) is 1. The van der Waals surface area contributed by atoms with Gasteiger partial charge in [-0.1, -0.05) is 44.0 Å². The molecule has 2 aliphatic rings. The lowest BCUT2D eigenvalue weighted by Crippen LogP contribution is -2.35. The topological polar surface area (TPSA) is 42.4 Å². The summed E-state index contributed by atoms with van der Waals surface area (Å²) in [5.74, 6) is -0.353. The van der Waals surface area contributed by atoms with Crippen LogP contribution in [0.5, 0.6) is 0 Å². The molecule has 0 radical (unpaired) electrons. The maximum atomic E-state index is 12.8. The summed E-state index contributed by atoms with van der Waals surface area (Å²) >= 11 is 12.8. The number of fused-ring (bicyclic) bond motifs is 3. The minimum atomic E-state index is -0.353. The molecule has 0 N–H and O–H groups in total. The van der Waals surface area contributed by atoms with Crippen LogP contribution in [0.1, 0.15) is 57.3 Å². The van der Waals surface area contributed by atoms with Crippen molar-refractivity contribution in [1.29, 1.82) is 0 Å². The number of hydrogen-bond donors (Lipinski definition) is 0. The van der Waals surface area contributed by atoms with Gasteiger partial charge in [0.05, 0.1) is 22.8 Å². The number of carbonyl (C=O) groups excluding carboxylic acids is 1. The molecule has 4 nitrogen and oxygen atoms in total. The van der Waals surface area contributed by atoms with Gasteiger partial charge >= 0.3 is 5.97 Å². The van der Waals surface area contributed by atoms with E-state index in [1.165, 1.54) is 6.42 Å². The van der Waals surface area contributed by atoms with Gasteiger partial charge in [0.2, 0.25) is 0 Å². The Hall–Kier alpha value is -1.52. The van der Waals surface area contributed by atoms with E-state index in [1.807, 2.05) is 13.0 Å². The summed E-state index contributed by atoms with van der Waals surface area (Å²) in [5.41, 5.74) is 2.51. The summed E-state index contributed by atoms with van der Waals surface area (Å²) in [6.07, 6.45) is 4.98. The lowest BCUT2D eigenvalue weighted by molar-refractivity contribution is 0.0526. The highest BCUT2D eigenvalue weighted by Crippen LogP contribution is 2.54. The summed E-state index contributed by atoms with van der Waals surface area (Å²) in [6, 6.07) is 3.92. The van der Waals surface area contributed by atoms with E-state index in [-0.39, 0.29) is 16.8 Å². The maximum Gasteiger partial charge on any atom is 0.341 e. The Kier molecular flexibility index (Phi) is 4.79. The molecule has 1 aromatic carbocycles. The van der Waals surface area contributed by atoms with Crippen LogP contribution in [0.2, 0.25) is 10.0 Å². The van der Waals surface area contributed by atoms with Gasteiger partial charge < -0.3 is 9.64 Å². The maximum absolute atomic E-state index is 12.8. The van der Waals surface area contributed by atoms with E-state index in [4.69, 9.17) is 27.9 Å². The quantitative estimate of drug-likeness (QED) is 0.560. The Labute approximate surface area is 176 Å². The van der Waals surface area contributed by atoms with Crippen LogP contribution in [0.4, 0.5) is 5.69 Å². The molecule has 1 saturated heterocycles. The number of carbonyl (C=O) groups is 1. The molecule has 1 aliphatic heterocycles. The highest BCUT2D eigenvalue weighted by molar-refractivity contribution is 6.38. The predicted octanol–water partition coefficient (Wildman–Crippen LogP) is 6.12. The smallest absolute Gasteiger partial charge is 0.341 e. The molecule has 0 unspecified atom stereocenters. The van der Waals surface area contributed by atoms with Crippen molar-refractivity contribution in [2.75, 3.05) is 18.1 Å². The fraction of sp³-hybridized carbons (Fsp3) is 0.545. The van der Waals surface area contributed by atoms with Gasteiger partial charge in [-0.15, -0.1) is 0 Å². The minimum Gasteiger partial charge on any atom is -0.462 e. The lowest BCUT2D eigenvalue weighted by Gasteiger charge is -2.39. The van der Waals surface area contributed by atoms with Crippen molar-refractivity contribution in [3.63, 3.8) is 0 Å². The number of hydrogen-bond acceptors (Lipinski definition) is 4. The summed E-state index contributed by atoms with van der Waals surface area (Å²) in [6.45, 7) is 10.1. The normalized spacial score (nSPS) is 25.9. The number of benzene rings is 1. The van der Waals surface area contributed by atoms with E-state index in [0.29, 0.717) is 33.8 Å². The number of pyridine rings is 1. The third kappa shape index (κ3) is 3.35. The SMILES string of the molecule is CCOC(=O)c1cnc2c(Cl)cc(Cl)cc2c1N1C[C@@]2(C)C[C@@H]1CC(C)(C)C2. The summed E-state index contributed by atoms with van der Waals surface area (Å²) in [5, 5.41) is 1.85. The molecular weight excluding hydrogens is 395 g/mol. The van der Waals surface area contributed by atoms with Crippen molar-refractivity contribution in [2.24, 2.45) is 10.8 Å². The van der Waals surface area contributed by atoms with Crippen LogP contribution in [0.25, 0.3) is 10.9 Å². The van der Waals surface area contributed by atoms with Crippen molar-refractivity contribution in [1.82, 2.24) is 4.98 Å². The second-order valence-electron chi connectivity index (χ2n) is 9.37. The lowest BCUT2D eigenvalue weighted by atomic mass is 9.65. The van der Waals surface area contributed by atoms with Crippen LogP contribution >= 0.6 is 23.2 Å². The van der Waals surface area contributed by atoms with Gasteiger partial charge in [-0.3, -0.25) is 4.98 Å². The summed E-state index contributed by atoms with van der Waals surface area (Å²) in [4.78, 5) is 19.6. The monoisotopic (exact) mass is 420 g/mol. The molecule has 4 rings (SSSR count). The zero-order valence-corrected chi connectivity index (χ0v) is 18.3. The number of rotatable bonds is 3. The molecule has 2 heterocycles. The molecule has 28 heavy (non-hydrogen) atoms. The molecule has 0 spiro atoms. The number of halogens is 2. The molecule has 1 saturated carbocycles. The number of aromatic nitrogens is 1. The summed E-state index contributed by atoms with van der Waals surface area (Å²) in [7, 11) is 0. The number of anilines is 1. The van der Waals surface area contributed by atoms with Crippen LogP contribution in [-0.2, 0) is 4.74 Å². The molecule has 2 bridgehead atoms. The van der Waals surface area contributed by atoms with E-state index in [0.717, 1.165) is 30.5 Å². The highest BCUT2D eigenvalue weighted by Gasteiger charge is 2.50. The molecule has 6 heteroatoms. The molecule has 150 valence electrons. The van der Waals surface area contributed by atoms with Gasteiger partial charge in [0.15, 0.2) is 0 Å². The molecule has 1 aromatic heterocycles. The first-order valence-electron chi connectivity index (χ1n) is 9.84. The van der Waals surface area contributed by atoms with Gasteiger partial charge in [-0.2, -0.15) is 0 Å². The van der Waals surface area contributed by atoms with Gasteiger partial charge in [0, 0.05) is 29.2 Å². The largest absolute Gasteiger partial charge is 0.462 e. The van der Waals surface area contributed by atoms with Crippen LogP contribution in [-0.4, -0.2) is 30.1 Å². The minimum absolute atomic E-state index is 0.219. The molecule has 2 fully saturated rings. The van der Waals surface area contributed by atoms with E-state index >= 15 is 0 Å². The van der Waals surface area contributed by atoms with Crippen molar-refractivity contribution in [3.05, 3.63) is 33.9 Å². The van der Waals surface area contributed by atoms with Crippen LogP contribution < -0.4 is 4.90 Å². The van der Waals surface area contributed by atoms with Gasteiger partial charge in [-0.25, -0.2) is 4.79 Å². The number of esters is 1. The zero-order chi connectivity index (χ0) is 20.3. The Balaban J connectivity index is 1.94. The van der Waals surface area contributed by atoms with Crippen molar-refractivity contribution in [3.8, 4) is 0 Å². The average molecular weight is 421 g/mol. The van der Waals surface area contributed by atoms with E-state index < -0.39 is 0 Å². The van der Waals surface area contributed by atoms with Crippen LogP contribution in [0.15, 0.2) is 18.3 Å². The van der Waals surface area contributed by atoms with Crippen molar-refractivity contribution < 1.29 is 9.53 Å². The molecule has 0 amide bonds. The third-order valence-electron chi connectivity index (χ3n) is 6.06. The predicted molar refractivity (Wildman–Crippen MR) is 115 cm³/mol. The fourth-order valence-electron chi connectivity index (χ4n) is 5.60. The first kappa shape index (κ1) is 19.8. The van der Waals surface area contributed by atoms with Gasteiger partial charge in [-0.05, 0) is 49.1 Å². The van der Waals surface area contributed by atoms with Crippen LogP contribution in [0, 0.1) is 10.8 Å². The highest BCUT2D eigenvalue weighted by atomic mass is 35.5. The second-order valence-corrected chi connectivity index (χ2v) is 10.2. The van der Waals surface area contributed by atoms with Gasteiger partial charge in [0.25, 0.3) is 0 Å². The van der Waals surface area contributed by atoms with E-state index in [2.05, 4.69) is 30.7 Å². The Morgan fingerprint density at radius 1 is 1.29 bits per heavy atom. The van der Waals surface area contributed by atoms with E-state index in [9.17, 15) is 4.79 Å². The first-order chi connectivity index (χ1) is 13.1. The average Bonchev–Trinajstić information content (AvgIpc) is 2.82. The van der Waals surface area contributed by atoms with Gasteiger partial charge in [0.1, 0.15) is 5.56 Å².